The molecule has 0 spiro atoms. The Bertz CT molecular complexity index is 1360. The first kappa shape index (κ1) is 26.2. The van der Waals surface area contributed by atoms with Gasteiger partial charge in [0.25, 0.3) is 0 Å². The lowest BCUT2D eigenvalue weighted by atomic mass is 9.62. The van der Waals surface area contributed by atoms with E-state index in [1.807, 2.05) is 0 Å². The van der Waals surface area contributed by atoms with E-state index in [9.17, 15) is 14.7 Å². The van der Waals surface area contributed by atoms with Gasteiger partial charge in [0, 0.05) is 21.6 Å². The van der Waals surface area contributed by atoms with Gasteiger partial charge in [-0.2, -0.15) is 0 Å². The van der Waals surface area contributed by atoms with Crippen LogP contribution in [0, 0.1) is 12.7 Å². The van der Waals surface area contributed by atoms with Crippen molar-refractivity contribution >= 4 is 29.4 Å². The van der Waals surface area contributed by atoms with Crippen LogP contribution in [0.5, 0.6) is 0 Å². The largest absolute Gasteiger partial charge is 0.481 e. The Morgan fingerprint density at radius 1 is 1.21 bits per heavy atom. The molecule has 8 nitrogen and oxygen atoms in total. The number of carbonyl (C=O) groups is 2. The molecular weight excluding hydrogens is 515 g/mol. The number of aliphatic carboxylic acids is 1. The van der Waals surface area contributed by atoms with Crippen LogP contribution in [-0.4, -0.2) is 34.5 Å². The van der Waals surface area contributed by atoms with Gasteiger partial charge in [0.2, 0.25) is 0 Å². The molecule has 0 unspecified atom stereocenters. The van der Waals surface area contributed by atoms with Crippen molar-refractivity contribution in [3.8, 4) is 11.3 Å². The molecule has 3 aromatic rings. The molecular formula is C28H28ClFN2O6. The predicted molar refractivity (Wildman–Crippen MR) is 138 cm³/mol. The average molecular weight is 543 g/mol. The normalized spacial score (nSPS) is 23.2. The molecule has 1 atom stereocenters. The first-order valence-electron chi connectivity index (χ1n) is 12.5. The third-order valence-corrected chi connectivity index (χ3v) is 8.11. The van der Waals surface area contributed by atoms with Crippen molar-refractivity contribution in [2.24, 2.45) is 0 Å². The maximum atomic E-state index is 15.5. The number of carbonyl (C=O) groups excluding carboxylic acids is 1. The molecule has 1 aliphatic carbocycles. The molecule has 38 heavy (non-hydrogen) atoms. The van der Waals surface area contributed by atoms with Crippen LogP contribution in [0.1, 0.15) is 62.0 Å². The number of aryl methyl sites for hydroxylation is 1. The molecule has 6 rings (SSSR count). The molecule has 1 aromatic heterocycles. The van der Waals surface area contributed by atoms with Crippen LogP contribution >= 0.6 is 11.6 Å². The topological polar surface area (TPSA) is 111 Å². The van der Waals surface area contributed by atoms with Gasteiger partial charge < -0.3 is 19.1 Å². The molecule has 200 valence electrons. The van der Waals surface area contributed by atoms with Crippen molar-refractivity contribution < 1.29 is 33.1 Å². The quantitative estimate of drug-likeness (QED) is 0.337. The highest BCUT2D eigenvalue weighted by Crippen LogP contribution is 2.52. The molecule has 2 N–H and O–H groups in total. The van der Waals surface area contributed by atoms with E-state index in [0.29, 0.717) is 53.1 Å². The zero-order chi connectivity index (χ0) is 27.1. The Morgan fingerprint density at radius 3 is 2.58 bits per heavy atom. The standard InChI is InChI=1S/C28H28ClFN2O6/c1-16-24(31-26(35)37-17(2)19-5-3-4-6-21(19)29)25(38-32-16)18-7-8-20(22(30)13-18)27-9-11-28(12-10-27,36-15-27)14-23(33)34/h3-8,13,17H,9-12,14-15H2,1-2H3,(H,31,35)(H,33,34)/t17-,27?,28?/m1/s1. The van der Waals surface area contributed by atoms with Crippen molar-refractivity contribution in [3.05, 3.63) is 70.1 Å². The highest BCUT2D eigenvalue weighted by molar-refractivity contribution is 6.31. The van der Waals surface area contributed by atoms with Crippen LogP contribution < -0.4 is 5.32 Å². The molecule has 2 bridgehead atoms. The van der Waals surface area contributed by atoms with E-state index in [2.05, 4.69) is 10.5 Å². The monoisotopic (exact) mass is 542 g/mol. The molecule has 0 radical (unpaired) electrons. The van der Waals surface area contributed by atoms with Gasteiger partial charge in [0.1, 0.15) is 23.3 Å². The SMILES string of the molecule is Cc1noc(-c2ccc(C34CCC(CC(=O)O)(CC3)OC4)c(F)c2)c1NC(=O)O[C@H](C)c1ccccc1Cl. The number of hydrogen-bond acceptors (Lipinski definition) is 6. The van der Waals surface area contributed by atoms with Crippen molar-refractivity contribution in [2.45, 2.75) is 63.1 Å². The van der Waals surface area contributed by atoms with Gasteiger partial charge in [-0.05, 0) is 57.2 Å². The molecule has 2 aliphatic heterocycles. The Labute approximate surface area is 224 Å². The fraction of sp³-hybridized carbons (Fsp3) is 0.393. The number of amides is 1. The Morgan fingerprint density at radius 2 is 1.95 bits per heavy atom. The van der Waals surface area contributed by atoms with E-state index in [-0.39, 0.29) is 24.5 Å². The summed E-state index contributed by atoms with van der Waals surface area (Å²) in [6.45, 7) is 3.65. The minimum Gasteiger partial charge on any atom is -0.481 e. The van der Waals surface area contributed by atoms with E-state index >= 15 is 4.39 Å². The van der Waals surface area contributed by atoms with E-state index in [0.717, 1.165) is 0 Å². The Kier molecular flexibility index (Phi) is 6.92. The van der Waals surface area contributed by atoms with Gasteiger partial charge in [-0.25, -0.2) is 9.18 Å². The smallest absolute Gasteiger partial charge is 0.412 e. The van der Waals surface area contributed by atoms with Crippen molar-refractivity contribution in [1.82, 2.24) is 5.16 Å². The molecule has 3 heterocycles. The first-order valence-corrected chi connectivity index (χ1v) is 12.8. The summed E-state index contributed by atoms with van der Waals surface area (Å²) in [6.07, 6.45) is 1.08. The maximum absolute atomic E-state index is 15.5. The summed E-state index contributed by atoms with van der Waals surface area (Å²) in [7, 11) is 0. The Balaban J connectivity index is 1.33. The van der Waals surface area contributed by atoms with Gasteiger partial charge in [-0.1, -0.05) is 47.1 Å². The highest BCUT2D eigenvalue weighted by Gasteiger charge is 2.52. The molecule has 3 fully saturated rings. The van der Waals surface area contributed by atoms with Crippen molar-refractivity contribution in [1.29, 1.82) is 0 Å². The second kappa shape index (κ2) is 10.0. The average Bonchev–Trinajstić information content (AvgIpc) is 3.24. The number of carboxylic acid groups (broad SMARTS) is 1. The molecule has 3 aliphatic rings. The lowest BCUT2D eigenvalue weighted by Gasteiger charge is -2.53. The third kappa shape index (κ3) is 4.88. The first-order chi connectivity index (χ1) is 18.1. The fourth-order valence-corrected chi connectivity index (χ4v) is 5.86. The number of hydrogen-bond donors (Lipinski definition) is 2. The summed E-state index contributed by atoms with van der Waals surface area (Å²) in [4.78, 5) is 23.9. The minimum absolute atomic E-state index is 0.0370. The number of aromatic nitrogens is 1. The summed E-state index contributed by atoms with van der Waals surface area (Å²) in [5.74, 6) is -1.10. The number of halogens is 2. The number of ether oxygens (including phenoxy) is 2. The number of fused-ring (bicyclic) bond motifs is 3. The predicted octanol–water partition coefficient (Wildman–Crippen LogP) is 6.81. The van der Waals surface area contributed by atoms with E-state index in [1.54, 1.807) is 50.2 Å². The lowest BCUT2D eigenvalue weighted by Crippen LogP contribution is -2.54. The number of rotatable bonds is 7. The second-order valence-corrected chi connectivity index (χ2v) is 10.6. The van der Waals surface area contributed by atoms with E-state index < -0.39 is 35.0 Å². The number of nitrogens with zero attached hydrogens (tertiary/aromatic N) is 1. The number of carboxylic acids is 1. The zero-order valence-electron chi connectivity index (χ0n) is 21.1. The van der Waals surface area contributed by atoms with Crippen molar-refractivity contribution in [2.75, 3.05) is 11.9 Å². The van der Waals surface area contributed by atoms with Gasteiger partial charge >= 0.3 is 12.1 Å². The summed E-state index contributed by atoms with van der Waals surface area (Å²) in [5.41, 5.74) is 1.14. The number of nitrogens with one attached hydrogen (secondary N) is 1. The van der Waals surface area contributed by atoms with Crippen LogP contribution in [0.15, 0.2) is 47.0 Å². The summed E-state index contributed by atoms with van der Waals surface area (Å²) < 4.78 is 32.5. The molecule has 1 saturated carbocycles. The fourth-order valence-electron chi connectivity index (χ4n) is 5.58. The highest BCUT2D eigenvalue weighted by atomic mass is 35.5. The zero-order valence-corrected chi connectivity index (χ0v) is 21.8. The molecule has 2 saturated heterocycles. The molecule has 1 amide bonds. The van der Waals surface area contributed by atoms with Gasteiger partial charge in [0.15, 0.2) is 5.76 Å². The van der Waals surface area contributed by atoms with Gasteiger partial charge in [-0.3, -0.25) is 10.1 Å². The summed E-state index contributed by atoms with van der Waals surface area (Å²) in [5, 5.41) is 16.3. The summed E-state index contributed by atoms with van der Waals surface area (Å²) in [6, 6.07) is 11.9. The van der Waals surface area contributed by atoms with Crippen LogP contribution in [0.3, 0.4) is 0 Å². The van der Waals surface area contributed by atoms with Crippen LogP contribution in [0.2, 0.25) is 5.02 Å². The number of benzene rings is 2. The van der Waals surface area contributed by atoms with Gasteiger partial charge in [0.05, 0.1) is 18.6 Å². The maximum Gasteiger partial charge on any atom is 0.412 e. The summed E-state index contributed by atoms with van der Waals surface area (Å²) >= 11 is 6.21. The number of anilines is 1. The van der Waals surface area contributed by atoms with E-state index in [1.165, 1.54) is 6.07 Å². The Hall–Kier alpha value is -3.43. The van der Waals surface area contributed by atoms with Crippen LogP contribution in [-0.2, 0) is 19.7 Å². The van der Waals surface area contributed by atoms with Gasteiger partial charge in [-0.15, -0.1) is 0 Å². The third-order valence-electron chi connectivity index (χ3n) is 7.77. The minimum atomic E-state index is -0.885. The second-order valence-electron chi connectivity index (χ2n) is 10.2. The molecule has 2 aromatic carbocycles. The molecule has 10 heteroatoms. The van der Waals surface area contributed by atoms with Crippen LogP contribution in [0.4, 0.5) is 14.9 Å². The van der Waals surface area contributed by atoms with Crippen LogP contribution in [0.25, 0.3) is 11.3 Å². The van der Waals surface area contributed by atoms with Crippen molar-refractivity contribution in [3.63, 3.8) is 0 Å². The van der Waals surface area contributed by atoms with E-state index in [4.69, 9.17) is 25.6 Å². The lowest BCUT2D eigenvalue weighted by molar-refractivity contribution is -0.175.